The number of rotatable bonds is 8. The summed E-state index contributed by atoms with van der Waals surface area (Å²) in [5, 5.41) is 4.61. The molecule has 2 aromatic rings. The summed E-state index contributed by atoms with van der Waals surface area (Å²) >= 11 is 0. The second-order valence-electron chi connectivity index (χ2n) is 7.27. The summed E-state index contributed by atoms with van der Waals surface area (Å²) in [5.41, 5.74) is 0.746. The second-order valence-corrected chi connectivity index (χ2v) is 8.11. The molecule has 0 aliphatic heterocycles. The van der Waals surface area contributed by atoms with Crippen molar-refractivity contribution in [1.82, 2.24) is 14.8 Å². The third-order valence-corrected chi connectivity index (χ3v) is 4.93. The summed E-state index contributed by atoms with van der Waals surface area (Å²) < 4.78 is 38.2. The highest BCUT2D eigenvalue weighted by molar-refractivity contribution is 7.18. The standard InChI is InChI=1S/C22H26F2N3O3P/c1-3-29-21(28)17-7-5-4-6-8-19-18(17)14-27(26-19)13-16-11-15(2)20(25-12-16)30-10-9-22(23,24)31/h6-8,11-12,14H,3-5,9-10,13,31H2,1-2H3/b8-6-,17-7+. The maximum absolute atomic E-state index is 12.9. The van der Waals surface area contributed by atoms with Gasteiger partial charge in [0.25, 0.3) is 5.66 Å². The van der Waals surface area contributed by atoms with E-state index < -0.39 is 12.1 Å². The Hall–Kier alpha value is -2.60. The lowest BCUT2D eigenvalue weighted by molar-refractivity contribution is -0.136. The van der Waals surface area contributed by atoms with Crippen LogP contribution in [-0.2, 0) is 16.1 Å². The van der Waals surface area contributed by atoms with Crippen LogP contribution in [0.5, 0.6) is 5.88 Å². The Kier molecular flexibility index (Phi) is 7.55. The van der Waals surface area contributed by atoms with E-state index in [0.717, 1.165) is 29.5 Å². The molecule has 1 aliphatic rings. The zero-order valence-electron chi connectivity index (χ0n) is 17.6. The van der Waals surface area contributed by atoms with E-state index in [9.17, 15) is 13.6 Å². The average molecular weight is 449 g/mol. The fourth-order valence-corrected chi connectivity index (χ4v) is 3.33. The molecule has 0 saturated heterocycles. The van der Waals surface area contributed by atoms with Crippen molar-refractivity contribution in [3.05, 3.63) is 53.0 Å². The summed E-state index contributed by atoms with van der Waals surface area (Å²) in [5.74, 6) is -0.0186. The number of hydrogen-bond donors (Lipinski definition) is 0. The van der Waals surface area contributed by atoms with Crippen LogP contribution in [0, 0.1) is 6.92 Å². The molecule has 0 bridgehead atoms. The summed E-state index contributed by atoms with van der Waals surface area (Å²) in [4.78, 5) is 16.7. The highest BCUT2D eigenvalue weighted by atomic mass is 31.0. The van der Waals surface area contributed by atoms with Gasteiger partial charge in [-0.05, 0) is 44.4 Å². The fourth-order valence-electron chi connectivity index (χ4n) is 3.21. The second kappa shape index (κ2) is 10.1. The first-order valence-electron chi connectivity index (χ1n) is 10.1. The van der Waals surface area contributed by atoms with Crippen LogP contribution in [0.1, 0.15) is 48.6 Å². The predicted octanol–water partition coefficient (Wildman–Crippen LogP) is 4.63. The van der Waals surface area contributed by atoms with Gasteiger partial charge in [0, 0.05) is 29.9 Å². The molecule has 0 amide bonds. The number of carbonyl (C=O) groups excluding carboxylic acids is 1. The summed E-state index contributed by atoms with van der Waals surface area (Å²) in [6, 6.07) is 1.89. The third-order valence-electron chi connectivity index (χ3n) is 4.64. The van der Waals surface area contributed by atoms with Crippen molar-refractivity contribution in [3.8, 4) is 5.88 Å². The first kappa shape index (κ1) is 23.1. The molecule has 1 unspecified atom stereocenters. The fraction of sp³-hybridized carbons (Fsp3) is 0.409. The molecule has 166 valence electrons. The Labute approximate surface area is 182 Å². The summed E-state index contributed by atoms with van der Waals surface area (Å²) in [6.07, 6.45) is 10.5. The van der Waals surface area contributed by atoms with Crippen LogP contribution in [0.3, 0.4) is 0 Å². The highest BCUT2D eigenvalue weighted by Gasteiger charge is 2.22. The molecule has 0 radical (unpaired) electrons. The first-order chi connectivity index (χ1) is 14.8. The number of esters is 1. The Morgan fingerprint density at radius 2 is 2.16 bits per heavy atom. The van der Waals surface area contributed by atoms with Crippen LogP contribution in [0.15, 0.2) is 30.6 Å². The van der Waals surface area contributed by atoms with Crippen LogP contribution in [0.4, 0.5) is 8.78 Å². The number of aromatic nitrogens is 3. The maximum Gasteiger partial charge on any atom is 0.338 e. The van der Waals surface area contributed by atoms with E-state index in [-0.39, 0.29) is 12.6 Å². The minimum atomic E-state index is -2.85. The van der Waals surface area contributed by atoms with Crippen molar-refractivity contribution in [2.75, 3.05) is 13.2 Å². The number of alkyl halides is 2. The van der Waals surface area contributed by atoms with E-state index in [0.29, 0.717) is 30.3 Å². The quantitative estimate of drug-likeness (QED) is 0.435. The molecule has 0 spiro atoms. The number of pyridine rings is 1. The van der Waals surface area contributed by atoms with Gasteiger partial charge in [0.1, 0.15) is 0 Å². The molecule has 31 heavy (non-hydrogen) atoms. The van der Waals surface area contributed by atoms with Crippen molar-refractivity contribution >= 4 is 26.9 Å². The van der Waals surface area contributed by atoms with E-state index in [2.05, 4.69) is 10.1 Å². The van der Waals surface area contributed by atoms with Gasteiger partial charge in [-0.15, -0.1) is 0 Å². The molecule has 2 aromatic heterocycles. The molecule has 2 heterocycles. The largest absolute Gasteiger partial charge is 0.477 e. The van der Waals surface area contributed by atoms with E-state index in [1.165, 1.54) is 9.24 Å². The van der Waals surface area contributed by atoms with E-state index >= 15 is 0 Å². The van der Waals surface area contributed by atoms with Crippen molar-refractivity contribution < 1.29 is 23.0 Å². The zero-order valence-corrected chi connectivity index (χ0v) is 18.8. The molecule has 1 aliphatic carbocycles. The lowest BCUT2D eigenvalue weighted by Crippen LogP contribution is -2.12. The molecule has 0 fully saturated rings. The van der Waals surface area contributed by atoms with Crippen LogP contribution in [-0.4, -0.2) is 39.6 Å². The molecule has 3 rings (SSSR count). The summed E-state index contributed by atoms with van der Waals surface area (Å²) in [6.45, 7) is 4.22. The smallest absolute Gasteiger partial charge is 0.338 e. The average Bonchev–Trinajstić information content (AvgIpc) is 3.04. The van der Waals surface area contributed by atoms with E-state index in [1.807, 2.05) is 37.4 Å². The van der Waals surface area contributed by atoms with Crippen LogP contribution in [0.2, 0.25) is 0 Å². The molecule has 6 nitrogen and oxygen atoms in total. The first-order valence-corrected chi connectivity index (χ1v) is 10.7. The minimum absolute atomic E-state index is 0.120. The molecular formula is C22H26F2N3O3P. The predicted molar refractivity (Wildman–Crippen MR) is 118 cm³/mol. The number of ether oxygens (including phenoxy) is 2. The Morgan fingerprint density at radius 1 is 1.35 bits per heavy atom. The lowest BCUT2D eigenvalue weighted by atomic mass is 10.0. The van der Waals surface area contributed by atoms with E-state index in [4.69, 9.17) is 9.47 Å². The molecule has 0 aromatic carbocycles. The minimum Gasteiger partial charge on any atom is -0.477 e. The van der Waals surface area contributed by atoms with Crippen LogP contribution < -0.4 is 4.74 Å². The Bertz CT molecular complexity index is 996. The monoisotopic (exact) mass is 449 g/mol. The number of allylic oxidation sites excluding steroid dienone is 2. The molecule has 0 saturated carbocycles. The Balaban J connectivity index is 1.76. The van der Waals surface area contributed by atoms with Gasteiger partial charge in [0.05, 0.1) is 31.0 Å². The van der Waals surface area contributed by atoms with Gasteiger partial charge in [-0.1, -0.05) is 21.4 Å². The van der Waals surface area contributed by atoms with Gasteiger partial charge >= 0.3 is 5.97 Å². The number of fused-ring (bicyclic) bond motifs is 1. The van der Waals surface area contributed by atoms with Gasteiger partial charge in [0.15, 0.2) is 0 Å². The van der Waals surface area contributed by atoms with E-state index in [1.54, 1.807) is 17.8 Å². The van der Waals surface area contributed by atoms with Crippen molar-refractivity contribution in [3.63, 3.8) is 0 Å². The molecular weight excluding hydrogens is 423 g/mol. The number of hydrogen-bond acceptors (Lipinski definition) is 5. The summed E-state index contributed by atoms with van der Waals surface area (Å²) in [7, 11) is 1.50. The van der Waals surface area contributed by atoms with Crippen molar-refractivity contribution in [2.24, 2.45) is 0 Å². The number of halogens is 2. The molecule has 1 atom stereocenters. The normalized spacial score (nSPS) is 16.5. The van der Waals surface area contributed by atoms with Gasteiger partial charge in [-0.2, -0.15) is 5.10 Å². The SMILES string of the molecule is CCOC(=O)/C1=C/CC/C=C\c2nn(Cc3cnc(OCCC(F)(F)P)c(C)c3)cc21. The molecule has 0 N–H and O–H groups in total. The van der Waals surface area contributed by atoms with Gasteiger partial charge in [-0.25, -0.2) is 18.6 Å². The number of nitrogens with zero attached hydrogens (tertiary/aromatic N) is 3. The maximum atomic E-state index is 12.9. The zero-order chi connectivity index (χ0) is 22.4. The van der Waals surface area contributed by atoms with Crippen LogP contribution in [0.25, 0.3) is 11.6 Å². The lowest BCUT2D eigenvalue weighted by Gasteiger charge is -2.12. The van der Waals surface area contributed by atoms with Crippen molar-refractivity contribution in [1.29, 1.82) is 0 Å². The third kappa shape index (κ3) is 6.44. The number of carbonyl (C=O) groups is 1. The van der Waals surface area contributed by atoms with Crippen LogP contribution >= 0.6 is 9.24 Å². The molecule has 9 heteroatoms. The number of aryl methyl sites for hydroxylation is 1. The van der Waals surface area contributed by atoms with Crippen molar-refractivity contribution in [2.45, 2.75) is 45.3 Å². The topological polar surface area (TPSA) is 66.2 Å². The van der Waals surface area contributed by atoms with Gasteiger partial charge in [0.2, 0.25) is 5.88 Å². The van der Waals surface area contributed by atoms with Gasteiger partial charge < -0.3 is 9.47 Å². The Morgan fingerprint density at radius 3 is 2.87 bits per heavy atom. The van der Waals surface area contributed by atoms with Gasteiger partial charge in [-0.3, -0.25) is 4.68 Å². The highest BCUT2D eigenvalue weighted by Crippen LogP contribution is 2.27.